The summed E-state index contributed by atoms with van der Waals surface area (Å²) >= 11 is 0. The van der Waals surface area contributed by atoms with Crippen LogP contribution < -0.4 is 10.1 Å². The molecule has 1 amide bonds. The van der Waals surface area contributed by atoms with Gasteiger partial charge in [0.05, 0.1) is 19.9 Å². The number of benzene rings is 2. The molecule has 2 rings (SSSR count). The molecule has 2 aromatic carbocycles. The van der Waals surface area contributed by atoms with Crippen LogP contribution in [0.15, 0.2) is 48.5 Å². The maximum absolute atomic E-state index is 12.3. The zero-order valence-electron chi connectivity index (χ0n) is 15.2. The highest BCUT2D eigenvalue weighted by molar-refractivity contribution is 7.88. The van der Waals surface area contributed by atoms with Gasteiger partial charge in [-0.3, -0.25) is 4.79 Å². The highest BCUT2D eigenvalue weighted by Crippen LogP contribution is 2.15. The molecule has 1 N–H and O–H groups in total. The van der Waals surface area contributed by atoms with Crippen LogP contribution in [0.5, 0.6) is 5.75 Å². The largest absolute Gasteiger partial charge is 0.497 e. The van der Waals surface area contributed by atoms with Crippen LogP contribution in [0.2, 0.25) is 0 Å². The van der Waals surface area contributed by atoms with Crippen molar-refractivity contribution in [2.75, 3.05) is 31.8 Å². The first kappa shape index (κ1) is 19.9. The number of ether oxygens (including phenoxy) is 1. The second kappa shape index (κ2) is 8.82. The van der Waals surface area contributed by atoms with E-state index in [9.17, 15) is 13.2 Å². The lowest BCUT2D eigenvalue weighted by molar-refractivity contribution is -0.116. The Kier molecular flexibility index (Phi) is 6.76. The second-order valence-electron chi connectivity index (χ2n) is 6.06. The van der Waals surface area contributed by atoms with Gasteiger partial charge in [0.1, 0.15) is 5.75 Å². The van der Waals surface area contributed by atoms with E-state index in [0.717, 1.165) is 17.4 Å². The molecular weight excluding hydrogens is 352 g/mol. The van der Waals surface area contributed by atoms with Crippen molar-refractivity contribution >= 4 is 21.6 Å². The smallest absolute Gasteiger partial charge is 0.239 e. The third-order valence-corrected chi connectivity index (χ3v) is 5.24. The number of hydrogen-bond donors (Lipinski definition) is 1. The summed E-state index contributed by atoms with van der Waals surface area (Å²) in [6.45, 7) is 1.87. The van der Waals surface area contributed by atoms with E-state index in [4.69, 9.17) is 4.74 Å². The minimum atomic E-state index is -3.51. The average Bonchev–Trinajstić information content (AvgIpc) is 2.60. The van der Waals surface area contributed by atoms with E-state index in [-0.39, 0.29) is 19.0 Å². The van der Waals surface area contributed by atoms with Crippen LogP contribution in [-0.2, 0) is 21.2 Å². The number of anilines is 1. The van der Waals surface area contributed by atoms with Gasteiger partial charge in [-0.2, -0.15) is 4.31 Å². The number of nitrogens with one attached hydrogen (secondary N) is 1. The molecule has 0 aliphatic heterocycles. The number of methoxy groups -OCH3 is 1. The Morgan fingerprint density at radius 2 is 1.88 bits per heavy atom. The van der Waals surface area contributed by atoms with Crippen molar-refractivity contribution in [2.45, 2.75) is 13.3 Å². The molecule has 0 atom stereocenters. The quantitative estimate of drug-likeness (QED) is 0.768. The van der Waals surface area contributed by atoms with Gasteiger partial charge < -0.3 is 10.1 Å². The lowest BCUT2D eigenvalue weighted by Crippen LogP contribution is -2.38. The number of amides is 1. The van der Waals surface area contributed by atoms with Crippen LogP contribution in [0.4, 0.5) is 5.69 Å². The summed E-state index contributed by atoms with van der Waals surface area (Å²) in [7, 11) is -1.93. The Hall–Kier alpha value is -2.38. The first-order valence-electron chi connectivity index (χ1n) is 8.23. The van der Waals surface area contributed by atoms with Crippen LogP contribution in [0, 0.1) is 6.92 Å². The van der Waals surface area contributed by atoms with Gasteiger partial charge in [-0.25, -0.2) is 8.42 Å². The molecule has 0 fully saturated rings. The van der Waals surface area contributed by atoms with Gasteiger partial charge in [0.2, 0.25) is 15.9 Å². The number of nitrogens with zero attached hydrogens (tertiary/aromatic N) is 1. The van der Waals surface area contributed by atoms with E-state index < -0.39 is 10.0 Å². The van der Waals surface area contributed by atoms with Crippen molar-refractivity contribution in [2.24, 2.45) is 0 Å². The van der Waals surface area contributed by atoms with Crippen molar-refractivity contribution in [3.05, 3.63) is 59.7 Å². The summed E-state index contributed by atoms with van der Waals surface area (Å²) in [5.41, 5.74) is 2.54. The van der Waals surface area contributed by atoms with Gasteiger partial charge in [0.15, 0.2) is 0 Å². The number of sulfonamides is 1. The molecule has 0 unspecified atom stereocenters. The Labute approximate surface area is 154 Å². The van der Waals surface area contributed by atoms with Gasteiger partial charge in [-0.1, -0.05) is 30.3 Å². The molecule has 26 heavy (non-hydrogen) atoms. The highest BCUT2D eigenvalue weighted by Gasteiger charge is 2.20. The number of aryl methyl sites for hydroxylation is 1. The number of rotatable bonds is 8. The molecule has 0 saturated carbocycles. The molecule has 0 spiro atoms. The summed E-state index contributed by atoms with van der Waals surface area (Å²) in [6, 6.07) is 14.8. The van der Waals surface area contributed by atoms with Crippen LogP contribution in [0.25, 0.3) is 0 Å². The molecule has 7 heteroatoms. The van der Waals surface area contributed by atoms with E-state index in [2.05, 4.69) is 5.32 Å². The van der Waals surface area contributed by atoms with Gasteiger partial charge in [-0.05, 0) is 42.7 Å². The minimum absolute atomic E-state index is 0.215. The SMILES string of the molecule is COc1cccc(CCN(CC(=O)Nc2ccccc2C)S(C)(=O)=O)c1. The fourth-order valence-corrected chi connectivity index (χ4v) is 3.28. The van der Waals surface area contributed by atoms with Crippen LogP contribution in [-0.4, -0.2) is 45.1 Å². The van der Waals surface area contributed by atoms with E-state index in [1.807, 2.05) is 49.4 Å². The number of carbonyl (C=O) groups excluding carboxylic acids is 1. The summed E-state index contributed by atoms with van der Waals surface area (Å²) in [4.78, 5) is 12.3. The number of hydrogen-bond acceptors (Lipinski definition) is 4. The van der Waals surface area contributed by atoms with Crippen molar-refractivity contribution in [3.8, 4) is 5.75 Å². The van der Waals surface area contributed by atoms with Gasteiger partial charge in [0, 0.05) is 12.2 Å². The lowest BCUT2D eigenvalue weighted by atomic mass is 10.1. The molecule has 0 aliphatic carbocycles. The van der Waals surface area contributed by atoms with Crippen molar-refractivity contribution < 1.29 is 17.9 Å². The van der Waals surface area contributed by atoms with E-state index in [1.54, 1.807) is 13.2 Å². The average molecular weight is 376 g/mol. The number of para-hydroxylation sites is 1. The molecular formula is C19H24N2O4S. The first-order chi connectivity index (χ1) is 12.3. The normalized spacial score (nSPS) is 11.4. The zero-order chi connectivity index (χ0) is 19.2. The standard InChI is InChI=1S/C19H24N2O4S/c1-15-7-4-5-10-18(15)20-19(22)14-21(26(3,23)24)12-11-16-8-6-9-17(13-16)25-2/h4-10,13H,11-12,14H2,1-3H3,(H,20,22). The fraction of sp³-hybridized carbons (Fsp3) is 0.316. The highest BCUT2D eigenvalue weighted by atomic mass is 32.2. The predicted molar refractivity (Wildman–Crippen MR) is 103 cm³/mol. The Bertz CT molecular complexity index is 865. The molecule has 0 bridgehead atoms. The van der Waals surface area contributed by atoms with Gasteiger partial charge in [0.25, 0.3) is 0 Å². The van der Waals surface area contributed by atoms with Gasteiger partial charge >= 0.3 is 0 Å². The second-order valence-corrected chi connectivity index (χ2v) is 8.04. The van der Waals surface area contributed by atoms with E-state index >= 15 is 0 Å². The summed E-state index contributed by atoms with van der Waals surface area (Å²) in [5, 5.41) is 2.76. The molecule has 0 saturated heterocycles. The Balaban J connectivity index is 2.03. The maximum Gasteiger partial charge on any atom is 0.239 e. The summed E-state index contributed by atoms with van der Waals surface area (Å²) in [6.07, 6.45) is 1.60. The lowest BCUT2D eigenvalue weighted by Gasteiger charge is -2.20. The molecule has 6 nitrogen and oxygen atoms in total. The Morgan fingerprint density at radius 1 is 1.15 bits per heavy atom. The van der Waals surface area contributed by atoms with Gasteiger partial charge in [-0.15, -0.1) is 0 Å². The maximum atomic E-state index is 12.3. The third-order valence-electron chi connectivity index (χ3n) is 3.99. The van der Waals surface area contributed by atoms with Crippen LogP contribution in [0.1, 0.15) is 11.1 Å². The first-order valence-corrected chi connectivity index (χ1v) is 10.1. The van der Waals surface area contributed by atoms with Crippen molar-refractivity contribution in [1.82, 2.24) is 4.31 Å². The summed E-state index contributed by atoms with van der Waals surface area (Å²) in [5.74, 6) is 0.348. The topological polar surface area (TPSA) is 75.7 Å². The van der Waals surface area contributed by atoms with E-state index in [1.165, 1.54) is 4.31 Å². The molecule has 2 aromatic rings. The zero-order valence-corrected chi connectivity index (χ0v) is 16.0. The molecule has 140 valence electrons. The van der Waals surface area contributed by atoms with Crippen LogP contribution in [0.3, 0.4) is 0 Å². The molecule has 0 aromatic heterocycles. The van der Waals surface area contributed by atoms with Crippen molar-refractivity contribution in [1.29, 1.82) is 0 Å². The predicted octanol–water partition coefficient (Wildman–Crippen LogP) is 2.45. The minimum Gasteiger partial charge on any atom is -0.497 e. The monoisotopic (exact) mass is 376 g/mol. The fourth-order valence-electron chi connectivity index (χ4n) is 2.51. The Morgan fingerprint density at radius 3 is 2.54 bits per heavy atom. The van der Waals surface area contributed by atoms with Crippen molar-refractivity contribution in [3.63, 3.8) is 0 Å². The third kappa shape index (κ3) is 5.86. The van der Waals surface area contributed by atoms with Crippen LogP contribution >= 0.6 is 0 Å². The summed E-state index contributed by atoms with van der Waals surface area (Å²) < 4.78 is 30.5. The van der Waals surface area contributed by atoms with E-state index in [0.29, 0.717) is 17.9 Å². The molecule has 0 radical (unpaired) electrons. The number of carbonyl (C=O) groups is 1. The molecule has 0 aliphatic rings. The molecule has 0 heterocycles.